The second-order valence-electron chi connectivity index (χ2n) is 7.87. The number of benzene rings is 1. The van der Waals surface area contributed by atoms with Gasteiger partial charge in [0.1, 0.15) is 0 Å². The number of nitrogens with zero attached hydrogens (tertiary/aromatic N) is 3. The van der Waals surface area contributed by atoms with Crippen LogP contribution in [0.1, 0.15) is 47.8 Å². The molecule has 3 heteroatoms. The molecule has 5 rings (SSSR count). The van der Waals surface area contributed by atoms with Crippen LogP contribution in [0.15, 0.2) is 42.5 Å². The molecular weight excluding hydrogens is 318 g/mol. The predicted octanol–water partition coefficient (Wildman–Crippen LogP) is 4.67. The molecule has 1 unspecified atom stereocenters. The average molecular weight is 345 g/mol. The molecule has 2 aliphatic rings. The molecule has 1 saturated heterocycles. The maximum absolute atomic E-state index is 5.01. The predicted molar refractivity (Wildman–Crippen MR) is 106 cm³/mol. The fraction of sp³-hybridized carbons (Fsp3) is 0.435. The van der Waals surface area contributed by atoms with E-state index in [0.29, 0.717) is 6.04 Å². The number of aryl methyl sites for hydroxylation is 3. The lowest BCUT2D eigenvalue weighted by atomic mass is 9.90. The summed E-state index contributed by atoms with van der Waals surface area (Å²) in [4.78, 5) is 7.71. The summed E-state index contributed by atoms with van der Waals surface area (Å²) in [6.45, 7) is 5.63. The fourth-order valence-electron chi connectivity index (χ4n) is 4.99. The van der Waals surface area contributed by atoms with E-state index in [2.05, 4.69) is 58.9 Å². The Kier molecular flexibility index (Phi) is 4.05. The molecule has 0 radical (unpaired) electrons. The molecule has 3 nitrogen and oxygen atoms in total. The standard InChI is InChI=1S/C23H27N3/c1-17-10-11-21-23(24-17)22-19-9-5-6-14-25(19)15-13-20(22)26(21)16-12-18-7-3-2-4-8-18/h2-4,7-8,10-11,19H,5-6,9,12-16H2,1H3. The van der Waals surface area contributed by atoms with Gasteiger partial charge >= 0.3 is 0 Å². The minimum absolute atomic E-state index is 0.585. The average Bonchev–Trinajstić information content (AvgIpc) is 3.00. The lowest BCUT2D eigenvalue weighted by Gasteiger charge is -2.39. The molecule has 3 aromatic rings. The number of hydrogen-bond donors (Lipinski definition) is 0. The van der Waals surface area contributed by atoms with Crippen LogP contribution in [0.5, 0.6) is 0 Å². The Morgan fingerprint density at radius 1 is 1.04 bits per heavy atom. The normalized spacial score (nSPS) is 20.1. The topological polar surface area (TPSA) is 21.1 Å². The van der Waals surface area contributed by atoms with Crippen LogP contribution in [0.2, 0.25) is 0 Å². The zero-order valence-corrected chi connectivity index (χ0v) is 15.6. The van der Waals surface area contributed by atoms with Crippen molar-refractivity contribution in [3.63, 3.8) is 0 Å². The molecule has 134 valence electrons. The second kappa shape index (κ2) is 6.55. The van der Waals surface area contributed by atoms with E-state index in [0.717, 1.165) is 25.1 Å². The van der Waals surface area contributed by atoms with Crippen LogP contribution in [0.4, 0.5) is 0 Å². The largest absolute Gasteiger partial charge is 0.343 e. The molecule has 0 bridgehead atoms. The molecule has 0 spiro atoms. The van der Waals surface area contributed by atoms with Crippen molar-refractivity contribution in [2.75, 3.05) is 13.1 Å². The van der Waals surface area contributed by atoms with Gasteiger partial charge in [0.2, 0.25) is 0 Å². The number of rotatable bonds is 3. The Labute approximate surface area is 155 Å². The lowest BCUT2D eigenvalue weighted by molar-refractivity contribution is 0.138. The van der Waals surface area contributed by atoms with Gasteiger partial charge in [-0.3, -0.25) is 9.88 Å². The van der Waals surface area contributed by atoms with Gasteiger partial charge < -0.3 is 4.57 Å². The van der Waals surface area contributed by atoms with Crippen LogP contribution in [0, 0.1) is 6.92 Å². The van der Waals surface area contributed by atoms with E-state index in [-0.39, 0.29) is 0 Å². The molecule has 2 aliphatic heterocycles. The highest BCUT2D eigenvalue weighted by Crippen LogP contribution is 2.41. The zero-order valence-electron chi connectivity index (χ0n) is 15.6. The molecule has 2 aromatic heterocycles. The highest BCUT2D eigenvalue weighted by molar-refractivity contribution is 5.82. The Hall–Kier alpha value is -2.13. The van der Waals surface area contributed by atoms with E-state index in [1.54, 1.807) is 11.3 Å². The van der Waals surface area contributed by atoms with Gasteiger partial charge in [-0.05, 0) is 50.4 Å². The molecule has 26 heavy (non-hydrogen) atoms. The smallest absolute Gasteiger partial charge is 0.0934 e. The molecule has 1 fully saturated rings. The van der Waals surface area contributed by atoms with Crippen LogP contribution >= 0.6 is 0 Å². The second-order valence-corrected chi connectivity index (χ2v) is 7.87. The molecular formula is C23H27N3. The summed E-state index contributed by atoms with van der Waals surface area (Å²) in [5, 5.41) is 0. The molecule has 1 aromatic carbocycles. The van der Waals surface area contributed by atoms with Crippen LogP contribution in [0.3, 0.4) is 0 Å². The van der Waals surface area contributed by atoms with Gasteiger partial charge in [0.15, 0.2) is 0 Å². The van der Waals surface area contributed by atoms with E-state index in [1.165, 1.54) is 48.9 Å². The first-order chi connectivity index (χ1) is 12.8. The molecule has 0 saturated carbocycles. The molecule has 1 atom stereocenters. The molecule has 0 aliphatic carbocycles. The van der Waals surface area contributed by atoms with Crippen molar-refractivity contribution < 1.29 is 0 Å². The van der Waals surface area contributed by atoms with Crippen LogP contribution < -0.4 is 0 Å². The summed E-state index contributed by atoms with van der Waals surface area (Å²) in [7, 11) is 0. The molecule has 0 N–H and O–H groups in total. The Morgan fingerprint density at radius 3 is 2.81 bits per heavy atom. The monoisotopic (exact) mass is 345 g/mol. The fourth-order valence-corrected chi connectivity index (χ4v) is 4.99. The van der Waals surface area contributed by atoms with E-state index in [9.17, 15) is 0 Å². The first-order valence-corrected chi connectivity index (χ1v) is 10.1. The first kappa shape index (κ1) is 16.1. The maximum Gasteiger partial charge on any atom is 0.0934 e. The third-order valence-corrected chi connectivity index (χ3v) is 6.25. The number of hydrogen-bond acceptors (Lipinski definition) is 2. The van der Waals surface area contributed by atoms with Gasteiger partial charge in [-0.1, -0.05) is 36.8 Å². The van der Waals surface area contributed by atoms with Crippen molar-refractivity contribution in [1.82, 2.24) is 14.5 Å². The van der Waals surface area contributed by atoms with E-state index in [4.69, 9.17) is 4.98 Å². The van der Waals surface area contributed by atoms with Crippen molar-refractivity contribution >= 4 is 11.0 Å². The van der Waals surface area contributed by atoms with E-state index < -0.39 is 0 Å². The summed E-state index contributed by atoms with van der Waals surface area (Å²) in [5.41, 5.74) is 8.25. The van der Waals surface area contributed by atoms with Gasteiger partial charge in [-0.2, -0.15) is 0 Å². The van der Waals surface area contributed by atoms with Gasteiger partial charge in [0, 0.05) is 42.5 Å². The zero-order chi connectivity index (χ0) is 17.5. The lowest BCUT2D eigenvalue weighted by Crippen LogP contribution is -2.39. The third-order valence-electron chi connectivity index (χ3n) is 6.25. The van der Waals surface area contributed by atoms with Gasteiger partial charge in [-0.15, -0.1) is 0 Å². The minimum Gasteiger partial charge on any atom is -0.343 e. The summed E-state index contributed by atoms with van der Waals surface area (Å²) >= 11 is 0. The van der Waals surface area contributed by atoms with Crippen molar-refractivity contribution in [3.8, 4) is 0 Å². The van der Waals surface area contributed by atoms with Crippen LogP contribution in [0.25, 0.3) is 11.0 Å². The Bertz CT molecular complexity index is 926. The summed E-state index contributed by atoms with van der Waals surface area (Å²) < 4.78 is 2.58. The number of pyridine rings is 1. The SMILES string of the molecule is Cc1ccc2c(n1)c1c(n2CCc2ccccc2)CCN2CCCCC12. The van der Waals surface area contributed by atoms with Crippen molar-refractivity contribution in [1.29, 1.82) is 0 Å². The van der Waals surface area contributed by atoms with Crippen molar-refractivity contribution in [2.45, 2.75) is 51.6 Å². The highest BCUT2D eigenvalue weighted by atomic mass is 15.2. The number of fused-ring (bicyclic) bond motifs is 5. The Balaban J connectivity index is 1.60. The maximum atomic E-state index is 5.01. The van der Waals surface area contributed by atoms with Crippen molar-refractivity contribution in [3.05, 3.63) is 65.0 Å². The molecule has 4 heterocycles. The Morgan fingerprint density at radius 2 is 1.92 bits per heavy atom. The van der Waals surface area contributed by atoms with Gasteiger partial charge in [0.05, 0.1) is 11.0 Å². The van der Waals surface area contributed by atoms with Crippen LogP contribution in [-0.2, 0) is 19.4 Å². The number of piperidine rings is 1. The van der Waals surface area contributed by atoms with Gasteiger partial charge in [0.25, 0.3) is 0 Å². The van der Waals surface area contributed by atoms with E-state index >= 15 is 0 Å². The summed E-state index contributed by atoms with van der Waals surface area (Å²) in [5.74, 6) is 0. The molecule has 0 amide bonds. The van der Waals surface area contributed by atoms with E-state index in [1.807, 2.05) is 0 Å². The van der Waals surface area contributed by atoms with Crippen molar-refractivity contribution in [2.24, 2.45) is 0 Å². The summed E-state index contributed by atoms with van der Waals surface area (Å²) in [6, 6.07) is 15.9. The number of aromatic nitrogens is 2. The first-order valence-electron chi connectivity index (χ1n) is 10.1. The minimum atomic E-state index is 0.585. The third kappa shape index (κ3) is 2.66. The van der Waals surface area contributed by atoms with Gasteiger partial charge in [-0.25, -0.2) is 0 Å². The quantitative estimate of drug-likeness (QED) is 0.688. The summed E-state index contributed by atoms with van der Waals surface area (Å²) in [6.07, 6.45) is 6.24. The van der Waals surface area contributed by atoms with Crippen LogP contribution in [-0.4, -0.2) is 27.5 Å². The highest BCUT2D eigenvalue weighted by Gasteiger charge is 2.34.